The Morgan fingerprint density at radius 1 is 1.60 bits per heavy atom. The lowest BCUT2D eigenvalue weighted by Crippen LogP contribution is -2.19. The molecular formula is C11H17NO2S. The topological polar surface area (TPSA) is 42.4 Å². The molecule has 4 heteroatoms. The van der Waals surface area contributed by atoms with Crippen molar-refractivity contribution in [1.82, 2.24) is 4.98 Å². The van der Waals surface area contributed by atoms with Gasteiger partial charge in [-0.3, -0.25) is 0 Å². The zero-order valence-corrected chi connectivity index (χ0v) is 9.63. The normalized spacial score (nSPS) is 21.8. The van der Waals surface area contributed by atoms with Crippen molar-refractivity contribution in [2.24, 2.45) is 5.92 Å². The van der Waals surface area contributed by atoms with Crippen molar-refractivity contribution < 1.29 is 9.84 Å². The van der Waals surface area contributed by atoms with Gasteiger partial charge in [0.1, 0.15) is 0 Å². The summed E-state index contributed by atoms with van der Waals surface area (Å²) >= 11 is 1.71. The first-order chi connectivity index (χ1) is 7.38. The van der Waals surface area contributed by atoms with E-state index in [4.69, 9.17) is 9.84 Å². The van der Waals surface area contributed by atoms with Crippen molar-refractivity contribution in [3.63, 3.8) is 0 Å². The predicted octanol–water partition coefficient (Wildman–Crippen LogP) is 1.65. The largest absolute Gasteiger partial charge is 0.396 e. The quantitative estimate of drug-likeness (QED) is 0.850. The van der Waals surface area contributed by atoms with E-state index >= 15 is 0 Å². The number of hydrogen-bond donors (Lipinski definition) is 1. The van der Waals surface area contributed by atoms with E-state index in [-0.39, 0.29) is 6.61 Å². The highest BCUT2D eigenvalue weighted by Crippen LogP contribution is 2.21. The van der Waals surface area contributed by atoms with Crippen molar-refractivity contribution >= 4 is 11.3 Å². The fourth-order valence-corrected chi connectivity index (χ4v) is 2.83. The molecule has 84 valence electrons. The number of ether oxygens (including phenoxy) is 1. The van der Waals surface area contributed by atoms with E-state index in [0.29, 0.717) is 12.3 Å². The Kier molecular flexibility index (Phi) is 4.11. The number of nitrogens with zero attached hydrogens (tertiary/aromatic N) is 1. The summed E-state index contributed by atoms with van der Waals surface area (Å²) in [5, 5.41) is 12.0. The van der Waals surface area contributed by atoms with Crippen molar-refractivity contribution in [2.45, 2.75) is 25.7 Å². The Morgan fingerprint density at radius 3 is 3.27 bits per heavy atom. The second kappa shape index (κ2) is 5.58. The molecule has 2 rings (SSSR count). The van der Waals surface area contributed by atoms with E-state index in [9.17, 15) is 0 Å². The maximum atomic E-state index is 8.79. The molecule has 0 amide bonds. The van der Waals surface area contributed by atoms with E-state index in [2.05, 4.69) is 10.4 Å². The van der Waals surface area contributed by atoms with E-state index in [0.717, 1.165) is 25.3 Å². The fourth-order valence-electron chi connectivity index (χ4n) is 1.89. The van der Waals surface area contributed by atoms with Crippen LogP contribution < -0.4 is 0 Å². The highest BCUT2D eigenvalue weighted by atomic mass is 32.1. The van der Waals surface area contributed by atoms with Gasteiger partial charge in [0.15, 0.2) is 0 Å². The Balaban J connectivity index is 1.86. The summed E-state index contributed by atoms with van der Waals surface area (Å²) in [5.74, 6) is 0.645. The summed E-state index contributed by atoms with van der Waals surface area (Å²) in [6, 6.07) is 0. The third kappa shape index (κ3) is 3.26. The van der Waals surface area contributed by atoms with Crippen molar-refractivity contribution in [3.05, 3.63) is 16.1 Å². The minimum atomic E-state index is 0.190. The average Bonchev–Trinajstić information content (AvgIpc) is 2.68. The highest BCUT2D eigenvalue weighted by Gasteiger charge is 2.15. The SMILES string of the molecule is OCCc1csc(CC2CCCOC2)n1. The Labute approximate surface area is 94.1 Å². The fraction of sp³-hybridized carbons (Fsp3) is 0.727. The Morgan fingerprint density at radius 2 is 2.53 bits per heavy atom. The molecule has 1 aliphatic rings. The van der Waals surface area contributed by atoms with Crippen LogP contribution in [0, 0.1) is 5.92 Å². The van der Waals surface area contributed by atoms with Crippen molar-refractivity contribution in [1.29, 1.82) is 0 Å². The molecule has 3 nitrogen and oxygen atoms in total. The summed E-state index contributed by atoms with van der Waals surface area (Å²) < 4.78 is 5.45. The van der Waals surface area contributed by atoms with Crippen LogP contribution in [0.2, 0.25) is 0 Å². The third-order valence-electron chi connectivity index (χ3n) is 2.69. The van der Waals surface area contributed by atoms with Crippen LogP contribution >= 0.6 is 11.3 Å². The average molecular weight is 227 g/mol. The molecule has 0 aromatic carbocycles. The second-order valence-electron chi connectivity index (χ2n) is 3.99. The minimum absolute atomic E-state index is 0.190. The second-order valence-corrected chi connectivity index (χ2v) is 4.94. The molecule has 1 saturated heterocycles. The summed E-state index contributed by atoms with van der Waals surface area (Å²) in [6.45, 7) is 1.99. The molecule has 1 aromatic heterocycles. The summed E-state index contributed by atoms with van der Waals surface area (Å²) in [6.07, 6.45) is 4.15. The molecule has 0 radical (unpaired) electrons. The van der Waals surface area contributed by atoms with Gasteiger partial charge in [-0.1, -0.05) is 0 Å². The van der Waals surface area contributed by atoms with Crippen LogP contribution in [0.4, 0.5) is 0 Å². The van der Waals surface area contributed by atoms with Gasteiger partial charge >= 0.3 is 0 Å². The number of aliphatic hydroxyl groups excluding tert-OH is 1. The summed E-state index contributed by atoms with van der Waals surface area (Å²) in [5.41, 5.74) is 1.02. The summed E-state index contributed by atoms with van der Waals surface area (Å²) in [4.78, 5) is 4.50. The lowest BCUT2D eigenvalue weighted by Gasteiger charge is -2.20. The molecular weight excluding hydrogens is 210 g/mol. The van der Waals surface area contributed by atoms with Crippen LogP contribution in [0.25, 0.3) is 0 Å². The molecule has 1 aliphatic heterocycles. The Hall–Kier alpha value is -0.450. The van der Waals surface area contributed by atoms with E-state index in [1.165, 1.54) is 17.8 Å². The van der Waals surface area contributed by atoms with Crippen LogP contribution in [0.3, 0.4) is 0 Å². The molecule has 1 N–H and O–H groups in total. The van der Waals surface area contributed by atoms with Gasteiger partial charge in [-0.25, -0.2) is 4.98 Å². The number of thiazole rings is 1. The smallest absolute Gasteiger partial charge is 0.0931 e. The third-order valence-corrected chi connectivity index (χ3v) is 3.61. The van der Waals surface area contributed by atoms with Crippen molar-refractivity contribution in [2.75, 3.05) is 19.8 Å². The molecule has 1 aromatic rings. The van der Waals surface area contributed by atoms with Crippen LogP contribution in [0.15, 0.2) is 5.38 Å². The van der Waals surface area contributed by atoms with Gasteiger partial charge in [-0.2, -0.15) is 0 Å². The minimum Gasteiger partial charge on any atom is -0.396 e. The van der Waals surface area contributed by atoms with Gasteiger partial charge in [0.05, 0.1) is 10.7 Å². The number of hydrogen-bond acceptors (Lipinski definition) is 4. The van der Waals surface area contributed by atoms with Gasteiger partial charge in [0, 0.05) is 38.0 Å². The lowest BCUT2D eigenvalue weighted by molar-refractivity contribution is 0.0550. The van der Waals surface area contributed by atoms with Crippen LogP contribution in [-0.2, 0) is 17.6 Å². The van der Waals surface area contributed by atoms with Gasteiger partial charge in [0.25, 0.3) is 0 Å². The highest BCUT2D eigenvalue weighted by molar-refractivity contribution is 7.09. The molecule has 1 atom stereocenters. The monoisotopic (exact) mass is 227 g/mol. The maximum Gasteiger partial charge on any atom is 0.0931 e. The van der Waals surface area contributed by atoms with Gasteiger partial charge < -0.3 is 9.84 Å². The number of aliphatic hydroxyl groups is 1. The molecule has 15 heavy (non-hydrogen) atoms. The molecule has 0 saturated carbocycles. The van der Waals surface area contributed by atoms with Gasteiger partial charge in [-0.15, -0.1) is 11.3 Å². The number of rotatable bonds is 4. The van der Waals surface area contributed by atoms with Crippen LogP contribution in [0.5, 0.6) is 0 Å². The first kappa shape index (κ1) is 11.0. The maximum absolute atomic E-state index is 8.79. The van der Waals surface area contributed by atoms with E-state index in [1.807, 2.05) is 0 Å². The Bertz CT molecular complexity index is 295. The standard InChI is InChI=1S/C11H17NO2S/c13-4-3-10-8-15-11(12-10)6-9-2-1-5-14-7-9/h8-9,13H,1-7H2. The number of aromatic nitrogens is 1. The summed E-state index contributed by atoms with van der Waals surface area (Å²) in [7, 11) is 0. The van der Waals surface area contributed by atoms with Gasteiger partial charge in [-0.05, 0) is 18.8 Å². The van der Waals surface area contributed by atoms with Crippen LogP contribution in [0.1, 0.15) is 23.5 Å². The van der Waals surface area contributed by atoms with E-state index < -0.39 is 0 Å². The molecule has 2 heterocycles. The molecule has 0 aliphatic carbocycles. The van der Waals surface area contributed by atoms with E-state index in [1.54, 1.807) is 11.3 Å². The zero-order chi connectivity index (χ0) is 10.5. The first-order valence-corrected chi connectivity index (χ1v) is 6.38. The molecule has 1 fully saturated rings. The van der Waals surface area contributed by atoms with Gasteiger partial charge in [0.2, 0.25) is 0 Å². The predicted molar refractivity (Wildman–Crippen MR) is 60.2 cm³/mol. The molecule has 1 unspecified atom stereocenters. The first-order valence-electron chi connectivity index (χ1n) is 5.50. The van der Waals surface area contributed by atoms with Crippen LogP contribution in [-0.4, -0.2) is 29.9 Å². The zero-order valence-electron chi connectivity index (χ0n) is 8.82. The van der Waals surface area contributed by atoms with Crippen molar-refractivity contribution in [3.8, 4) is 0 Å². The lowest BCUT2D eigenvalue weighted by atomic mass is 9.99. The molecule has 0 bridgehead atoms. The molecule has 0 spiro atoms.